The minimum Gasteiger partial charge on any atom is -0.487 e. The molecule has 0 aromatic heterocycles. The van der Waals surface area contributed by atoms with E-state index in [1.54, 1.807) is 0 Å². The van der Waals surface area contributed by atoms with Crippen LogP contribution in [0.2, 0.25) is 0 Å². The number of fused-ring (bicyclic) bond motifs is 4. The minimum atomic E-state index is -0.971. The summed E-state index contributed by atoms with van der Waals surface area (Å²) in [5.41, 5.74) is 2.10. The molecular weight excluding hydrogens is 406 g/mol. The van der Waals surface area contributed by atoms with Crippen molar-refractivity contribution in [1.29, 1.82) is 0 Å². The smallest absolute Gasteiger partial charge is 0.341 e. The summed E-state index contributed by atoms with van der Waals surface area (Å²) in [7, 11) is 0. The van der Waals surface area contributed by atoms with Gasteiger partial charge >= 0.3 is 5.97 Å². The number of ether oxygens (including phenoxy) is 3. The summed E-state index contributed by atoms with van der Waals surface area (Å²) in [6.45, 7) is 5.95. The van der Waals surface area contributed by atoms with E-state index < -0.39 is 5.97 Å². The van der Waals surface area contributed by atoms with Crippen LogP contribution in [0.25, 0.3) is 0 Å². The third-order valence-electron chi connectivity index (χ3n) is 7.18. The Labute approximate surface area is 189 Å². The number of carbonyl (C=O) groups is 1. The maximum absolute atomic E-state index is 10.7. The number of para-hydroxylation sites is 1. The summed E-state index contributed by atoms with van der Waals surface area (Å²) in [6, 6.07) is 16.4. The second kappa shape index (κ2) is 8.41. The van der Waals surface area contributed by atoms with Crippen LogP contribution in [-0.2, 0) is 16.1 Å². The lowest BCUT2D eigenvalue weighted by atomic mass is 9.72. The molecule has 2 saturated heterocycles. The van der Waals surface area contributed by atoms with Crippen LogP contribution in [0.4, 0.5) is 0 Å². The first-order valence-electron chi connectivity index (χ1n) is 11.5. The highest BCUT2D eigenvalue weighted by Gasteiger charge is 2.52. The third kappa shape index (κ3) is 4.09. The summed E-state index contributed by atoms with van der Waals surface area (Å²) in [5.74, 6) is 0.860. The predicted molar refractivity (Wildman–Crippen MR) is 120 cm³/mol. The molecule has 0 saturated carbocycles. The molecule has 170 valence electrons. The number of aliphatic carboxylic acids is 1. The molecule has 2 fully saturated rings. The molecule has 32 heavy (non-hydrogen) atoms. The van der Waals surface area contributed by atoms with Crippen molar-refractivity contribution >= 4 is 5.97 Å². The van der Waals surface area contributed by atoms with Gasteiger partial charge < -0.3 is 19.3 Å². The number of carboxylic acids is 1. The molecule has 5 rings (SSSR count). The second-order valence-electron chi connectivity index (χ2n) is 9.69. The number of rotatable bonds is 5. The molecule has 0 unspecified atom stereocenters. The Balaban J connectivity index is 1.32. The van der Waals surface area contributed by atoms with Gasteiger partial charge in [-0.05, 0) is 63.4 Å². The van der Waals surface area contributed by atoms with Gasteiger partial charge in [-0.15, -0.1) is 0 Å². The van der Waals surface area contributed by atoms with E-state index in [0.717, 1.165) is 38.1 Å². The number of benzene rings is 2. The Morgan fingerprint density at radius 1 is 1.19 bits per heavy atom. The summed E-state index contributed by atoms with van der Waals surface area (Å²) in [5, 5.41) is 8.78. The van der Waals surface area contributed by atoms with Crippen LogP contribution in [0, 0.1) is 5.92 Å². The van der Waals surface area contributed by atoms with Crippen molar-refractivity contribution in [1.82, 2.24) is 4.90 Å². The van der Waals surface area contributed by atoms with E-state index in [1.807, 2.05) is 30.3 Å². The van der Waals surface area contributed by atoms with Crippen molar-refractivity contribution in [3.05, 3.63) is 59.7 Å². The van der Waals surface area contributed by atoms with Crippen molar-refractivity contribution in [2.24, 2.45) is 5.92 Å². The Bertz CT molecular complexity index is 972. The number of piperidine rings is 1. The number of carboxylic acid groups (broad SMARTS) is 1. The van der Waals surface area contributed by atoms with Gasteiger partial charge in [0, 0.05) is 24.1 Å². The zero-order valence-electron chi connectivity index (χ0n) is 18.7. The van der Waals surface area contributed by atoms with Gasteiger partial charge in [0.25, 0.3) is 0 Å². The van der Waals surface area contributed by atoms with Crippen molar-refractivity contribution in [3.8, 4) is 11.5 Å². The average molecular weight is 438 g/mol. The first-order valence-corrected chi connectivity index (χ1v) is 11.5. The fraction of sp³-hybridized carbons (Fsp3) is 0.500. The fourth-order valence-corrected chi connectivity index (χ4v) is 5.59. The molecule has 0 radical (unpaired) electrons. The highest BCUT2D eigenvalue weighted by molar-refractivity contribution is 5.68. The predicted octanol–water partition coefficient (Wildman–Crippen LogP) is 4.43. The van der Waals surface area contributed by atoms with Crippen LogP contribution in [0.1, 0.15) is 50.3 Å². The highest BCUT2D eigenvalue weighted by Crippen LogP contribution is 2.52. The molecule has 4 atom stereocenters. The molecule has 0 amide bonds. The van der Waals surface area contributed by atoms with E-state index >= 15 is 0 Å². The zero-order chi connectivity index (χ0) is 22.3. The SMILES string of the molecule is CC1(C)Oc2ccccc2[C@H]2O[C@H]3CCCN(Cc4ccc(OCC(=O)O)cc4)[C@H]3C[C@@H]21. The molecule has 1 N–H and O–H groups in total. The van der Waals surface area contributed by atoms with Gasteiger partial charge in [-0.2, -0.15) is 0 Å². The van der Waals surface area contributed by atoms with Crippen LogP contribution in [0.3, 0.4) is 0 Å². The lowest BCUT2D eigenvalue weighted by Crippen LogP contribution is -2.58. The van der Waals surface area contributed by atoms with E-state index in [-0.39, 0.29) is 24.4 Å². The summed E-state index contributed by atoms with van der Waals surface area (Å²) >= 11 is 0. The average Bonchev–Trinajstić information content (AvgIpc) is 2.78. The molecule has 6 heteroatoms. The molecule has 0 spiro atoms. The summed E-state index contributed by atoms with van der Waals surface area (Å²) < 4.78 is 18.5. The first-order chi connectivity index (χ1) is 15.4. The molecule has 6 nitrogen and oxygen atoms in total. The van der Waals surface area contributed by atoms with Gasteiger partial charge in [0.2, 0.25) is 0 Å². The van der Waals surface area contributed by atoms with Gasteiger partial charge in [-0.1, -0.05) is 30.3 Å². The molecule has 0 bridgehead atoms. The maximum Gasteiger partial charge on any atom is 0.341 e. The van der Waals surface area contributed by atoms with Gasteiger partial charge in [0.05, 0.1) is 12.2 Å². The van der Waals surface area contributed by atoms with Crippen LogP contribution in [0.15, 0.2) is 48.5 Å². The van der Waals surface area contributed by atoms with Gasteiger partial charge in [0.1, 0.15) is 17.1 Å². The van der Waals surface area contributed by atoms with Gasteiger partial charge in [-0.3, -0.25) is 4.90 Å². The quantitative estimate of drug-likeness (QED) is 0.746. The molecule has 0 aliphatic carbocycles. The first kappa shape index (κ1) is 21.3. The summed E-state index contributed by atoms with van der Waals surface area (Å²) in [4.78, 5) is 13.2. The number of likely N-dealkylation sites (tertiary alicyclic amines) is 1. The van der Waals surface area contributed by atoms with Crippen LogP contribution >= 0.6 is 0 Å². The second-order valence-corrected chi connectivity index (χ2v) is 9.69. The standard InChI is InChI=1S/C26H31NO5/c1-26(2)20-14-21-23(31-25(20)19-6-3-4-7-22(19)32-26)8-5-13-27(21)15-17-9-11-18(12-10-17)30-16-24(28)29/h3-4,6-7,9-12,20-21,23,25H,5,8,13-16H2,1-2H3,(H,28,29)/t20-,21-,23-,25+/m0/s1. The van der Waals surface area contributed by atoms with Gasteiger partial charge in [-0.25, -0.2) is 4.79 Å². The monoisotopic (exact) mass is 437 g/mol. The van der Waals surface area contributed by atoms with Gasteiger partial charge in [0.15, 0.2) is 6.61 Å². The molecule has 2 aromatic carbocycles. The van der Waals surface area contributed by atoms with E-state index in [0.29, 0.717) is 17.7 Å². The molecule has 3 aliphatic rings. The number of hydrogen-bond donors (Lipinski definition) is 1. The Morgan fingerprint density at radius 3 is 2.75 bits per heavy atom. The zero-order valence-corrected chi connectivity index (χ0v) is 18.7. The number of hydrogen-bond acceptors (Lipinski definition) is 5. The molecule has 3 aliphatic heterocycles. The van der Waals surface area contributed by atoms with Crippen molar-refractivity contribution in [2.75, 3.05) is 13.2 Å². The third-order valence-corrected chi connectivity index (χ3v) is 7.18. The molecular formula is C26H31NO5. The highest BCUT2D eigenvalue weighted by atomic mass is 16.5. The lowest BCUT2D eigenvalue weighted by Gasteiger charge is -2.54. The normalized spacial score (nSPS) is 28.6. The largest absolute Gasteiger partial charge is 0.487 e. The number of nitrogens with zero attached hydrogens (tertiary/aromatic N) is 1. The topological polar surface area (TPSA) is 68.2 Å². The lowest BCUT2D eigenvalue weighted by molar-refractivity contribution is -0.190. The van der Waals surface area contributed by atoms with E-state index in [4.69, 9.17) is 19.3 Å². The summed E-state index contributed by atoms with van der Waals surface area (Å²) in [6.07, 6.45) is 3.58. The molecule has 3 heterocycles. The molecule has 2 aromatic rings. The fourth-order valence-electron chi connectivity index (χ4n) is 5.59. The minimum absolute atomic E-state index is 0.0850. The van der Waals surface area contributed by atoms with E-state index in [9.17, 15) is 4.79 Å². The van der Waals surface area contributed by atoms with Crippen molar-refractivity contribution in [3.63, 3.8) is 0 Å². The van der Waals surface area contributed by atoms with Crippen LogP contribution in [0.5, 0.6) is 11.5 Å². The van der Waals surface area contributed by atoms with Crippen molar-refractivity contribution < 1.29 is 24.1 Å². The van der Waals surface area contributed by atoms with E-state index in [2.05, 4.69) is 36.9 Å². The van der Waals surface area contributed by atoms with Crippen LogP contribution < -0.4 is 9.47 Å². The van der Waals surface area contributed by atoms with E-state index in [1.165, 1.54) is 11.1 Å². The Hall–Kier alpha value is -2.57. The van der Waals surface area contributed by atoms with Crippen LogP contribution in [-0.4, -0.2) is 46.9 Å². The maximum atomic E-state index is 10.7. The Morgan fingerprint density at radius 2 is 1.97 bits per heavy atom. The van der Waals surface area contributed by atoms with Crippen molar-refractivity contribution in [2.45, 2.75) is 63.5 Å². The Kier molecular flexibility index (Phi) is 5.59.